The average molecular weight is 258 g/mol. The van der Waals surface area contributed by atoms with Crippen LogP contribution in [0.1, 0.15) is 18.5 Å². The molecule has 1 aromatic rings. The van der Waals surface area contributed by atoms with Gasteiger partial charge in [0.1, 0.15) is 6.26 Å². The fraction of sp³-hybridized carbons (Fsp3) is 0.600. The van der Waals surface area contributed by atoms with Crippen molar-refractivity contribution in [2.45, 2.75) is 25.3 Å². The molecule has 1 unspecified atom stereocenters. The predicted molar refractivity (Wildman–Crippen MR) is 60.0 cm³/mol. The minimum atomic E-state index is -2.94. The Morgan fingerprint density at radius 1 is 1.59 bits per heavy atom. The Morgan fingerprint density at radius 2 is 2.41 bits per heavy atom. The number of oxazole rings is 1. The van der Waals surface area contributed by atoms with Crippen molar-refractivity contribution in [3.05, 3.63) is 18.4 Å². The number of hydrogen-bond donors (Lipinski definition) is 1. The fourth-order valence-corrected chi connectivity index (χ4v) is 3.48. The molecule has 0 aromatic carbocycles. The summed E-state index contributed by atoms with van der Waals surface area (Å²) in [5.74, 6) is 0.0827. The Balaban J connectivity index is 1.75. The zero-order valence-corrected chi connectivity index (χ0v) is 10.1. The zero-order valence-electron chi connectivity index (χ0n) is 9.26. The topological polar surface area (TPSA) is 89.3 Å². The third-order valence-electron chi connectivity index (χ3n) is 2.69. The molecule has 1 saturated heterocycles. The van der Waals surface area contributed by atoms with E-state index < -0.39 is 9.84 Å². The van der Waals surface area contributed by atoms with E-state index in [1.807, 2.05) is 0 Å². The van der Waals surface area contributed by atoms with Crippen LogP contribution in [0, 0.1) is 0 Å². The number of aryl methyl sites for hydroxylation is 1. The molecule has 1 aliphatic rings. The predicted octanol–water partition coefficient (Wildman–Crippen LogP) is -0.0895. The number of nitrogens with one attached hydrogen (secondary N) is 1. The molecule has 0 bridgehead atoms. The molecule has 2 heterocycles. The second-order valence-electron chi connectivity index (χ2n) is 4.15. The minimum absolute atomic E-state index is 0.0582. The van der Waals surface area contributed by atoms with E-state index in [0.717, 1.165) is 5.69 Å². The second kappa shape index (κ2) is 4.87. The molecule has 94 valence electrons. The number of sulfone groups is 1. The number of hydrogen-bond acceptors (Lipinski definition) is 5. The summed E-state index contributed by atoms with van der Waals surface area (Å²) < 4.78 is 27.2. The van der Waals surface area contributed by atoms with Crippen molar-refractivity contribution in [1.29, 1.82) is 0 Å². The molecule has 1 aliphatic heterocycles. The first-order valence-electron chi connectivity index (χ1n) is 5.42. The van der Waals surface area contributed by atoms with Gasteiger partial charge in [0, 0.05) is 18.9 Å². The lowest BCUT2D eigenvalue weighted by atomic mass is 10.2. The van der Waals surface area contributed by atoms with Gasteiger partial charge >= 0.3 is 0 Å². The van der Waals surface area contributed by atoms with Gasteiger partial charge in [0.2, 0.25) is 5.91 Å². The van der Waals surface area contributed by atoms with Crippen molar-refractivity contribution in [2.24, 2.45) is 0 Å². The Hall–Kier alpha value is -1.37. The smallest absolute Gasteiger partial charge is 0.220 e. The van der Waals surface area contributed by atoms with Crippen LogP contribution in [0.15, 0.2) is 17.1 Å². The lowest BCUT2D eigenvalue weighted by Gasteiger charge is -2.09. The van der Waals surface area contributed by atoms with Crippen LogP contribution in [0.3, 0.4) is 0 Å². The first-order chi connectivity index (χ1) is 8.05. The maximum absolute atomic E-state index is 11.5. The van der Waals surface area contributed by atoms with Crippen LogP contribution in [-0.4, -0.2) is 36.9 Å². The number of aromatic nitrogens is 1. The summed E-state index contributed by atoms with van der Waals surface area (Å²) in [6.45, 7) is 0. The normalized spacial score (nSPS) is 22.5. The van der Waals surface area contributed by atoms with Crippen molar-refractivity contribution in [2.75, 3.05) is 11.5 Å². The van der Waals surface area contributed by atoms with Crippen LogP contribution < -0.4 is 5.32 Å². The maximum atomic E-state index is 11.5. The molecule has 0 spiro atoms. The van der Waals surface area contributed by atoms with Crippen LogP contribution >= 0.6 is 0 Å². The van der Waals surface area contributed by atoms with E-state index >= 15 is 0 Å². The molecule has 1 aromatic heterocycles. The van der Waals surface area contributed by atoms with Gasteiger partial charge in [-0.1, -0.05) is 0 Å². The lowest BCUT2D eigenvalue weighted by Crippen LogP contribution is -2.35. The van der Waals surface area contributed by atoms with Gasteiger partial charge in [0.25, 0.3) is 0 Å². The fourth-order valence-electron chi connectivity index (χ4n) is 1.81. The van der Waals surface area contributed by atoms with Gasteiger partial charge in [-0.2, -0.15) is 0 Å². The Morgan fingerprint density at radius 3 is 3.00 bits per heavy atom. The van der Waals surface area contributed by atoms with Crippen molar-refractivity contribution >= 4 is 15.7 Å². The summed E-state index contributed by atoms with van der Waals surface area (Å²) in [6, 6.07) is -0.232. The molecule has 1 atom stereocenters. The van der Waals surface area contributed by atoms with Gasteiger partial charge in [-0.15, -0.1) is 0 Å². The highest BCUT2D eigenvalue weighted by Crippen LogP contribution is 2.11. The molecular weight excluding hydrogens is 244 g/mol. The highest BCUT2D eigenvalue weighted by Gasteiger charge is 2.28. The quantitative estimate of drug-likeness (QED) is 0.815. The third-order valence-corrected chi connectivity index (χ3v) is 4.46. The molecule has 2 rings (SSSR count). The van der Waals surface area contributed by atoms with Crippen LogP contribution in [0.25, 0.3) is 0 Å². The van der Waals surface area contributed by atoms with E-state index in [1.54, 1.807) is 0 Å². The molecule has 1 N–H and O–H groups in total. The summed E-state index contributed by atoms with van der Waals surface area (Å²) in [6.07, 6.45) is 4.12. The van der Waals surface area contributed by atoms with E-state index in [0.29, 0.717) is 19.3 Å². The van der Waals surface area contributed by atoms with Crippen molar-refractivity contribution in [3.63, 3.8) is 0 Å². The molecule has 1 fully saturated rings. The van der Waals surface area contributed by atoms with E-state index in [-0.39, 0.29) is 23.5 Å². The average Bonchev–Trinajstić information content (AvgIpc) is 2.85. The monoisotopic (exact) mass is 258 g/mol. The van der Waals surface area contributed by atoms with Gasteiger partial charge in [0.15, 0.2) is 16.2 Å². The van der Waals surface area contributed by atoms with Crippen LogP contribution in [0.2, 0.25) is 0 Å². The summed E-state index contributed by atoms with van der Waals surface area (Å²) in [4.78, 5) is 15.4. The van der Waals surface area contributed by atoms with Crippen molar-refractivity contribution in [3.8, 4) is 0 Å². The van der Waals surface area contributed by atoms with Crippen LogP contribution in [0.5, 0.6) is 0 Å². The van der Waals surface area contributed by atoms with E-state index in [1.165, 1.54) is 12.7 Å². The van der Waals surface area contributed by atoms with E-state index in [9.17, 15) is 13.2 Å². The lowest BCUT2D eigenvalue weighted by molar-refractivity contribution is -0.121. The van der Waals surface area contributed by atoms with E-state index in [2.05, 4.69) is 10.3 Å². The Kier molecular flexibility index (Phi) is 3.46. The first-order valence-corrected chi connectivity index (χ1v) is 7.24. The minimum Gasteiger partial charge on any atom is -0.451 e. The summed E-state index contributed by atoms with van der Waals surface area (Å²) in [7, 11) is -2.94. The number of rotatable bonds is 4. The molecule has 17 heavy (non-hydrogen) atoms. The third kappa shape index (κ3) is 3.55. The standard InChI is InChI=1S/C10H14N2O4S/c13-10(2-1-8-5-16-7-11-8)12-9-3-4-17(14,15)6-9/h5,7,9H,1-4,6H2,(H,12,13). The van der Waals surface area contributed by atoms with Gasteiger partial charge in [0.05, 0.1) is 17.2 Å². The van der Waals surface area contributed by atoms with Gasteiger partial charge in [-0.3, -0.25) is 4.79 Å². The summed E-state index contributed by atoms with van der Waals surface area (Å²) in [5, 5.41) is 2.72. The largest absolute Gasteiger partial charge is 0.451 e. The van der Waals surface area contributed by atoms with Gasteiger partial charge in [-0.25, -0.2) is 13.4 Å². The Bertz CT molecular complexity index is 480. The molecule has 0 aliphatic carbocycles. The summed E-state index contributed by atoms with van der Waals surface area (Å²) in [5.41, 5.74) is 0.721. The van der Waals surface area contributed by atoms with Gasteiger partial charge < -0.3 is 9.73 Å². The zero-order chi connectivity index (χ0) is 12.3. The molecule has 1 amide bonds. The molecule has 0 saturated carbocycles. The maximum Gasteiger partial charge on any atom is 0.220 e. The Labute approximate surface area is 99.3 Å². The van der Waals surface area contributed by atoms with Crippen molar-refractivity contribution in [1.82, 2.24) is 10.3 Å². The van der Waals surface area contributed by atoms with Crippen LogP contribution in [0.4, 0.5) is 0 Å². The van der Waals surface area contributed by atoms with Crippen molar-refractivity contribution < 1.29 is 17.6 Å². The highest BCUT2D eigenvalue weighted by atomic mass is 32.2. The van der Waals surface area contributed by atoms with E-state index in [4.69, 9.17) is 4.42 Å². The first kappa shape index (κ1) is 12.1. The molecule has 0 radical (unpaired) electrons. The van der Waals surface area contributed by atoms with Crippen LogP contribution in [-0.2, 0) is 21.1 Å². The SMILES string of the molecule is O=C(CCc1cocn1)NC1CCS(=O)(=O)C1. The number of carbonyl (C=O) groups excluding carboxylic acids is 1. The highest BCUT2D eigenvalue weighted by molar-refractivity contribution is 7.91. The number of nitrogens with zero attached hydrogens (tertiary/aromatic N) is 1. The molecule has 7 heteroatoms. The molecule has 6 nitrogen and oxygen atoms in total. The molecular formula is C10H14N2O4S. The number of carbonyl (C=O) groups is 1. The second-order valence-corrected chi connectivity index (χ2v) is 6.38. The summed E-state index contributed by atoms with van der Waals surface area (Å²) >= 11 is 0. The van der Waals surface area contributed by atoms with Gasteiger partial charge in [-0.05, 0) is 6.42 Å². The number of amides is 1.